The van der Waals surface area contributed by atoms with Crippen LogP contribution in [0.5, 0.6) is 5.75 Å². The number of esters is 1. The van der Waals surface area contributed by atoms with Gasteiger partial charge in [-0.05, 0) is 38.5 Å². The lowest BCUT2D eigenvalue weighted by Crippen LogP contribution is -2.26. The lowest BCUT2D eigenvalue weighted by Gasteiger charge is -2.13. The normalized spacial score (nSPS) is 12.2. The number of hydrogen-bond donors (Lipinski definition) is 0. The fourth-order valence-corrected chi connectivity index (χ4v) is 2.04. The van der Waals surface area contributed by atoms with Gasteiger partial charge < -0.3 is 13.9 Å². The Bertz CT molecular complexity index is 735. The molecule has 0 spiro atoms. The summed E-state index contributed by atoms with van der Waals surface area (Å²) in [7, 11) is 0. The minimum absolute atomic E-state index is 0.0658. The van der Waals surface area contributed by atoms with Crippen molar-refractivity contribution in [3.8, 4) is 5.75 Å². The van der Waals surface area contributed by atoms with Gasteiger partial charge in [0, 0.05) is 11.5 Å². The first-order valence-electron chi connectivity index (χ1n) is 6.50. The van der Waals surface area contributed by atoms with E-state index in [-0.39, 0.29) is 11.6 Å². The molecule has 0 aliphatic carbocycles. The maximum Gasteiger partial charge on any atom is 0.355 e. The quantitative estimate of drug-likeness (QED) is 0.641. The average molecular weight is 311 g/mol. The Hall–Kier alpha value is -2.01. The number of benzene rings is 1. The molecule has 0 radical (unpaired) electrons. The SMILES string of the molecule is CCOC(=O)C(C)Oc1ccc2c(C)c(Cl)c(=O)oc2c1. The zero-order valence-corrected chi connectivity index (χ0v) is 12.7. The molecule has 0 aliphatic heterocycles. The molecule has 2 rings (SSSR count). The van der Waals surface area contributed by atoms with Crippen LogP contribution >= 0.6 is 11.6 Å². The molecule has 0 N–H and O–H groups in total. The molecule has 112 valence electrons. The summed E-state index contributed by atoms with van der Waals surface area (Å²) in [5, 5.41) is 0.784. The first kappa shape index (κ1) is 15.4. The highest BCUT2D eigenvalue weighted by molar-refractivity contribution is 6.31. The monoisotopic (exact) mass is 310 g/mol. The van der Waals surface area contributed by atoms with Crippen molar-refractivity contribution in [2.45, 2.75) is 26.9 Å². The molecule has 2 aromatic rings. The summed E-state index contributed by atoms with van der Waals surface area (Å²) >= 11 is 5.86. The summed E-state index contributed by atoms with van der Waals surface area (Å²) in [6.07, 6.45) is -0.748. The van der Waals surface area contributed by atoms with E-state index in [0.29, 0.717) is 16.9 Å². The van der Waals surface area contributed by atoms with Gasteiger partial charge in [-0.1, -0.05) is 11.6 Å². The van der Waals surface area contributed by atoms with Crippen LogP contribution in [0.15, 0.2) is 27.4 Å². The summed E-state index contributed by atoms with van der Waals surface area (Å²) in [6, 6.07) is 4.96. The van der Waals surface area contributed by atoms with Gasteiger partial charge in [0.2, 0.25) is 0 Å². The van der Waals surface area contributed by atoms with Gasteiger partial charge in [-0.2, -0.15) is 0 Å². The van der Waals surface area contributed by atoms with Crippen LogP contribution in [-0.4, -0.2) is 18.7 Å². The van der Waals surface area contributed by atoms with E-state index in [1.54, 1.807) is 39.0 Å². The number of carbonyl (C=O) groups is 1. The standard InChI is InChI=1S/C15H15ClO5/c1-4-19-14(17)9(3)20-10-5-6-11-8(2)13(16)15(18)21-12(11)7-10/h5-7,9H,4H2,1-3H3. The second-order valence-electron chi connectivity index (χ2n) is 4.50. The molecule has 1 heterocycles. The summed E-state index contributed by atoms with van der Waals surface area (Å²) in [6.45, 7) is 5.34. The van der Waals surface area contributed by atoms with E-state index in [1.165, 1.54) is 0 Å². The van der Waals surface area contributed by atoms with E-state index in [4.69, 9.17) is 25.5 Å². The maximum absolute atomic E-state index is 11.6. The predicted octanol–water partition coefficient (Wildman–Crippen LogP) is 3.09. The van der Waals surface area contributed by atoms with Crippen LogP contribution in [0.2, 0.25) is 5.02 Å². The molecular weight excluding hydrogens is 296 g/mol. The topological polar surface area (TPSA) is 65.7 Å². The Morgan fingerprint density at radius 3 is 2.81 bits per heavy atom. The Balaban J connectivity index is 2.33. The molecule has 6 heteroatoms. The van der Waals surface area contributed by atoms with Crippen molar-refractivity contribution in [3.63, 3.8) is 0 Å². The molecule has 1 aromatic heterocycles. The number of halogens is 1. The maximum atomic E-state index is 11.6. The van der Waals surface area contributed by atoms with Crippen LogP contribution in [0.3, 0.4) is 0 Å². The molecular formula is C15H15ClO5. The summed E-state index contributed by atoms with van der Waals surface area (Å²) in [5.74, 6) is -0.0424. The van der Waals surface area contributed by atoms with Crippen molar-refractivity contribution in [1.82, 2.24) is 0 Å². The highest BCUT2D eigenvalue weighted by atomic mass is 35.5. The van der Waals surface area contributed by atoms with Gasteiger partial charge in [-0.3, -0.25) is 0 Å². The molecule has 1 atom stereocenters. The number of fused-ring (bicyclic) bond motifs is 1. The molecule has 21 heavy (non-hydrogen) atoms. The third-order valence-corrected chi connectivity index (χ3v) is 3.44. The number of carbonyl (C=O) groups excluding carboxylic acids is 1. The fraction of sp³-hybridized carbons (Fsp3) is 0.333. The summed E-state index contributed by atoms with van der Waals surface area (Å²) in [5.41, 5.74) is 0.403. The zero-order valence-electron chi connectivity index (χ0n) is 11.9. The Morgan fingerprint density at radius 1 is 1.43 bits per heavy atom. The molecule has 5 nitrogen and oxygen atoms in total. The van der Waals surface area contributed by atoms with Crippen LogP contribution < -0.4 is 10.4 Å². The number of ether oxygens (including phenoxy) is 2. The largest absolute Gasteiger partial charge is 0.479 e. The molecule has 0 fully saturated rings. The van der Waals surface area contributed by atoms with E-state index >= 15 is 0 Å². The first-order valence-corrected chi connectivity index (χ1v) is 6.88. The van der Waals surface area contributed by atoms with Crippen molar-refractivity contribution >= 4 is 28.5 Å². The van der Waals surface area contributed by atoms with E-state index < -0.39 is 17.7 Å². The van der Waals surface area contributed by atoms with Gasteiger partial charge in [-0.15, -0.1) is 0 Å². The van der Waals surface area contributed by atoms with Crippen molar-refractivity contribution < 1.29 is 18.7 Å². The molecule has 0 aliphatic rings. The molecule has 1 unspecified atom stereocenters. The second-order valence-corrected chi connectivity index (χ2v) is 4.88. The lowest BCUT2D eigenvalue weighted by atomic mass is 10.1. The van der Waals surface area contributed by atoms with Gasteiger partial charge in [0.05, 0.1) is 6.61 Å². The van der Waals surface area contributed by atoms with Crippen LogP contribution in [0.4, 0.5) is 0 Å². The Kier molecular flexibility index (Phi) is 4.53. The molecule has 1 aromatic carbocycles. The third-order valence-electron chi connectivity index (χ3n) is 3.00. The van der Waals surface area contributed by atoms with Gasteiger partial charge >= 0.3 is 11.6 Å². The highest BCUT2D eigenvalue weighted by Gasteiger charge is 2.16. The lowest BCUT2D eigenvalue weighted by molar-refractivity contribution is -0.150. The molecule has 0 saturated carbocycles. The predicted molar refractivity (Wildman–Crippen MR) is 79.0 cm³/mol. The minimum Gasteiger partial charge on any atom is -0.479 e. The average Bonchev–Trinajstić information content (AvgIpc) is 2.45. The van der Waals surface area contributed by atoms with Crippen LogP contribution in [0.25, 0.3) is 11.0 Å². The van der Waals surface area contributed by atoms with Crippen LogP contribution in [0.1, 0.15) is 19.4 Å². The Labute approximate surface area is 126 Å². The number of aryl methyl sites for hydroxylation is 1. The Morgan fingerprint density at radius 2 is 2.14 bits per heavy atom. The van der Waals surface area contributed by atoms with Crippen LogP contribution in [-0.2, 0) is 9.53 Å². The smallest absolute Gasteiger partial charge is 0.355 e. The highest BCUT2D eigenvalue weighted by Crippen LogP contribution is 2.26. The van der Waals surface area contributed by atoms with E-state index in [0.717, 1.165) is 5.39 Å². The van der Waals surface area contributed by atoms with E-state index in [9.17, 15) is 9.59 Å². The third kappa shape index (κ3) is 3.19. The molecule has 0 amide bonds. The van der Waals surface area contributed by atoms with Crippen molar-refractivity contribution in [3.05, 3.63) is 39.2 Å². The van der Waals surface area contributed by atoms with E-state index in [1.807, 2.05) is 0 Å². The van der Waals surface area contributed by atoms with Crippen molar-refractivity contribution in [2.75, 3.05) is 6.61 Å². The molecule has 0 bridgehead atoms. The molecule has 0 saturated heterocycles. The number of hydrogen-bond acceptors (Lipinski definition) is 5. The van der Waals surface area contributed by atoms with Crippen molar-refractivity contribution in [2.24, 2.45) is 0 Å². The first-order chi connectivity index (χ1) is 9.93. The van der Waals surface area contributed by atoms with Gasteiger partial charge in [0.15, 0.2) is 6.10 Å². The van der Waals surface area contributed by atoms with Gasteiger partial charge in [0.1, 0.15) is 16.4 Å². The van der Waals surface area contributed by atoms with Gasteiger partial charge in [0.25, 0.3) is 0 Å². The zero-order chi connectivity index (χ0) is 15.6. The van der Waals surface area contributed by atoms with Crippen molar-refractivity contribution in [1.29, 1.82) is 0 Å². The minimum atomic E-state index is -0.748. The fourth-order valence-electron chi connectivity index (χ4n) is 1.90. The number of rotatable bonds is 4. The van der Waals surface area contributed by atoms with Gasteiger partial charge in [-0.25, -0.2) is 9.59 Å². The second kappa shape index (κ2) is 6.18. The van der Waals surface area contributed by atoms with Crippen LogP contribution in [0, 0.1) is 6.92 Å². The summed E-state index contributed by atoms with van der Waals surface area (Å²) in [4.78, 5) is 23.1. The summed E-state index contributed by atoms with van der Waals surface area (Å²) < 4.78 is 15.5. The van der Waals surface area contributed by atoms with E-state index in [2.05, 4.69) is 0 Å².